The number of sulfonamides is 1. The van der Waals surface area contributed by atoms with Crippen molar-refractivity contribution in [2.24, 2.45) is 5.92 Å². The summed E-state index contributed by atoms with van der Waals surface area (Å²) in [5, 5.41) is 0. The van der Waals surface area contributed by atoms with Crippen LogP contribution in [0.2, 0.25) is 0 Å². The SMILES string of the molecule is CS(=O)(=O)NC1CCC(C(=O)CCl)CC1. The summed E-state index contributed by atoms with van der Waals surface area (Å²) in [5.74, 6) is 0.170. The first-order valence-electron chi connectivity index (χ1n) is 4.98. The molecule has 0 aromatic carbocycles. The molecule has 1 saturated carbocycles. The van der Waals surface area contributed by atoms with Crippen molar-refractivity contribution in [2.75, 3.05) is 12.1 Å². The molecule has 0 radical (unpaired) electrons. The lowest BCUT2D eigenvalue weighted by atomic mass is 9.84. The Morgan fingerprint density at radius 3 is 2.27 bits per heavy atom. The van der Waals surface area contributed by atoms with Gasteiger partial charge >= 0.3 is 0 Å². The normalized spacial score (nSPS) is 27.6. The second-order valence-electron chi connectivity index (χ2n) is 4.04. The zero-order valence-electron chi connectivity index (χ0n) is 8.70. The minimum absolute atomic E-state index is 0.0145. The molecule has 0 unspecified atom stereocenters. The minimum Gasteiger partial charge on any atom is -0.298 e. The molecule has 88 valence electrons. The molecule has 6 heteroatoms. The maximum atomic E-state index is 11.3. The van der Waals surface area contributed by atoms with Crippen LogP contribution in [0.4, 0.5) is 0 Å². The van der Waals surface area contributed by atoms with Crippen molar-refractivity contribution in [1.29, 1.82) is 0 Å². The van der Waals surface area contributed by atoms with Gasteiger partial charge in [0.2, 0.25) is 10.0 Å². The zero-order chi connectivity index (χ0) is 11.5. The van der Waals surface area contributed by atoms with Gasteiger partial charge in [-0.2, -0.15) is 0 Å². The number of halogens is 1. The van der Waals surface area contributed by atoms with Gasteiger partial charge in [0.15, 0.2) is 5.78 Å². The van der Waals surface area contributed by atoms with Crippen LogP contribution in [0.1, 0.15) is 25.7 Å². The van der Waals surface area contributed by atoms with Crippen LogP contribution in [0.5, 0.6) is 0 Å². The predicted molar refractivity (Wildman–Crippen MR) is 59.5 cm³/mol. The number of alkyl halides is 1. The van der Waals surface area contributed by atoms with Crippen LogP contribution in [-0.4, -0.2) is 32.4 Å². The first-order chi connectivity index (χ1) is 6.92. The Labute approximate surface area is 95.4 Å². The molecule has 15 heavy (non-hydrogen) atoms. The van der Waals surface area contributed by atoms with E-state index in [0.29, 0.717) is 0 Å². The molecule has 0 aromatic heterocycles. The molecule has 1 rings (SSSR count). The van der Waals surface area contributed by atoms with Crippen molar-refractivity contribution >= 4 is 27.4 Å². The maximum absolute atomic E-state index is 11.3. The summed E-state index contributed by atoms with van der Waals surface area (Å²) >= 11 is 5.47. The molecule has 4 nitrogen and oxygen atoms in total. The third-order valence-corrected chi connectivity index (χ3v) is 3.72. The van der Waals surface area contributed by atoms with Crippen LogP contribution >= 0.6 is 11.6 Å². The van der Waals surface area contributed by atoms with Gasteiger partial charge in [-0.3, -0.25) is 4.79 Å². The summed E-state index contributed by atoms with van der Waals surface area (Å²) in [6, 6.07) is -0.0145. The maximum Gasteiger partial charge on any atom is 0.208 e. The van der Waals surface area contributed by atoms with Gasteiger partial charge in [-0.15, -0.1) is 11.6 Å². The third kappa shape index (κ3) is 4.49. The monoisotopic (exact) mass is 253 g/mol. The smallest absolute Gasteiger partial charge is 0.208 e. The van der Waals surface area contributed by atoms with Gasteiger partial charge in [0.25, 0.3) is 0 Å². The van der Waals surface area contributed by atoms with E-state index >= 15 is 0 Å². The quantitative estimate of drug-likeness (QED) is 0.758. The molecule has 0 aromatic rings. The molecule has 1 aliphatic rings. The molecule has 0 spiro atoms. The first-order valence-corrected chi connectivity index (χ1v) is 7.41. The van der Waals surface area contributed by atoms with Crippen LogP contribution in [0.3, 0.4) is 0 Å². The van der Waals surface area contributed by atoms with Crippen LogP contribution in [0, 0.1) is 5.92 Å². The van der Waals surface area contributed by atoms with E-state index in [9.17, 15) is 13.2 Å². The van der Waals surface area contributed by atoms with Gasteiger partial charge in [0, 0.05) is 12.0 Å². The molecule has 0 bridgehead atoms. The minimum atomic E-state index is -3.13. The summed E-state index contributed by atoms with van der Waals surface area (Å²) in [6.07, 6.45) is 4.07. The highest BCUT2D eigenvalue weighted by Gasteiger charge is 2.26. The fourth-order valence-electron chi connectivity index (χ4n) is 1.95. The standard InChI is InChI=1S/C9H16ClNO3S/c1-15(13,14)11-8-4-2-7(3-5-8)9(12)6-10/h7-8,11H,2-6H2,1H3. The zero-order valence-corrected chi connectivity index (χ0v) is 10.3. The van der Waals surface area contributed by atoms with E-state index in [1.54, 1.807) is 0 Å². The Morgan fingerprint density at radius 1 is 1.33 bits per heavy atom. The topological polar surface area (TPSA) is 63.2 Å². The highest BCUT2D eigenvalue weighted by atomic mass is 35.5. The number of hydrogen-bond donors (Lipinski definition) is 1. The van der Waals surface area contributed by atoms with Gasteiger partial charge in [-0.1, -0.05) is 0 Å². The lowest BCUT2D eigenvalue weighted by molar-refractivity contribution is -0.121. The lowest BCUT2D eigenvalue weighted by Gasteiger charge is -2.27. The summed E-state index contributed by atoms with van der Waals surface area (Å²) in [4.78, 5) is 11.3. The molecule has 0 aliphatic heterocycles. The Morgan fingerprint density at radius 2 is 1.87 bits per heavy atom. The Kier molecular flexibility index (Phi) is 4.55. The van der Waals surface area contributed by atoms with Gasteiger partial charge < -0.3 is 0 Å². The molecule has 0 heterocycles. The van der Waals surface area contributed by atoms with E-state index in [2.05, 4.69) is 4.72 Å². The fraction of sp³-hybridized carbons (Fsp3) is 0.889. The van der Waals surface area contributed by atoms with Gasteiger partial charge in [0.05, 0.1) is 12.1 Å². The molecule has 1 N–H and O–H groups in total. The molecule has 0 atom stereocenters. The fourth-order valence-corrected chi connectivity index (χ4v) is 3.00. The second kappa shape index (κ2) is 5.27. The van der Waals surface area contributed by atoms with Crippen molar-refractivity contribution in [2.45, 2.75) is 31.7 Å². The highest BCUT2D eigenvalue weighted by Crippen LogP contribution is 2.25. The number of nitrogens with one attached hydrogen (secondary N) is 1. The number of Topliss-reactive ketones (excluding diaryl/α,β-unsaturated/α-hetero) is 1. The molecule has 0 saturated heterocycles. The molecule has 0 amide bonds. The molecular weight excluding hydrogens is 238 g/mol. The highest BCUT2D eigenvalue weighted by molar-refractivity contribution is 7.88. The Bertz CT molecular complexity index is 320. The van der Waals surface area contributed by atoms with E-state index in [-0.39, 0.29) is 23.6 Å². The van der Waals surface area contributed by atoms with E-state index in [4.69, 9.17) is 11.6 Å². The van der Waals surface area contributed by atoms with Crippen molar-refractivity contribution in [3.63, 3.8) is 0 Å². The lowest BCUT2D eigenvalue weighted by Crippen LogP contribution is -2.38. The van der Waals surface area contributed by atoms with Crippen LogP contribution < -0.4 is 4.72 Å². The number of carbonyl (C=O) groups is 1. The molecule has 1 fully saturated rings. The van der Waals surface area contributed by atoms with Crippen LogP contribution in [-0.2, 0) is 14.8 Å². The summed E-state index contributed by atoms with van der Waals surface area (Å²) < 4.78 is 24.5. The molecule has 1 aliphatic carbocycles. The summed E-state index contributed by atoms with van der Waals surface area (Å²) in [6.45, 7) is 0. The van der Waals surface area contributed by atoms with Crippen LogP contribution in [0.15, 0.2) is 0 Å². The first kappa shape index (κ1) is 12.9. The summed E-state index contributed by atoms with van der Waals surface area (Å²) in [5.41, 5.74) is 0. The summed E-state index contributed by atoms with van der Waals surface area (Å²) in [7, 11) is -3.13. The average Bonchev–Trinajstić information content (AvgIpc) is 2.15. The number of carbonyl (C=O) groups excluding carboxylic acids is 1. The van der Waals surface area contributed by atoms with Crippen molar-refractivity contribution in [3.8, 4) is 0 Å². The molecular formula is C9H16ClNO3S. The third-order valence-electron chi connectivity index (χ3n) is 2.69. The second-order valence-corrected chi connectivity index (χ2v) is 6.09. The Balaban J connectivity index is 2.39. The average molecular weight is 254 g/mol. The predicted octanol–water partition coefficient (Wildman–Crippen LogP) is 0.902. The van der Waals surface area contributed by atoms with Crippen molar-refractivity contribution in [1.82, 2.24) is 4.72 Å². The van der Waals surface area contributed by atoms with Gasteiger partial charge in [-0.25, -0.2) is 13.1 Å². The largest absolute Gasteiger partial charge is 0.298 e. The number of hydrogen-bond acceptors (Lipinski definition) is 3. The van der Waals surface area contributed by atoms with E-state index in [1.165, 1.54) is 0 Å². The van der Waals surface area contributed by atoms with E-state index in [1.807, 2.05) is 0 Å². The van der Waals surface area contributed by atoms with E-state index in [0.717, 1.165) is 31.9 Å². The number of rotatable bonds is 4. The van der Waals surface area contributed by atoms with Crippen LogP contribution in [0.25, 0.3) is 0 Å². The van der Waals surface area contributed by atoms with Crippen molar-refractivity contribution < 1.29 is 13.2 Å². The van der Waals surface area contributed by atoms with Gasteiger partial charge in [-0.05, 0) is 25.7 Å². The Hall–Kier alpha value is -0.130. The number of ketones is 1. The van der Waals surface area contributed by atoms with Gasteiger partial charge in [0.1, 0.15) is 0 Å². The van der Waals surface area contributed by atoms with Crippen molar-refractivity contribution in [3.05, 3.63) is 0 Å². The van der Waals surface area contributed by atoms with E-state index < -0.39 is 10.0 Å².